The molecule has 1 rings (SSSR count). The summed E-state index contributed by atoms with van der Waals surface area (Å²) in [6.07, 6.45) is 15.9. The number of allylic oxidation sites excluding steroid dienone is 5. The SMILES string of the molecule is CC[C@H](O)/C=C/[C@H]1O[C@H]([C@@H](O)C/C=C\C/C=C\C/C=C\CCC(=O)O)C[C@@H]1O. The fourth-order valence-corrected chi connectivity index (χ4v) is 2.77. The lowest BCUT2D eigenvalue weighted by Gasteiger charge is -2.16. The highest BCUT2D eigenvalue weighted by atomic mass is 16.5. The Balaban J connectivity index is 2.22. The molecule has 0 saturated carbocycles. The first-order chi connectivity index (χ1) is 13.4. The normalized spacial score (nSPS) is 25.5. The standard InChI is InChI=1S/C22H34O6/c1-2-17(23)14-15-20-19(25)16-21(28-20)18(24)12-10-8-6-4-3-5-7-9-11-13-22(26)27/h3-4,7-10,14-15,17-21,23-25H,2,5-6,11-13,16H2,1H3,(H,26,27)/b4-3-,9-7-,10-8-,15-14+/t17-,18-,19-,20+,21-/m0/s1. The average molecular weight is 395 g/mol. The molecule has 0 radical (unpaired) electrons. The van der Waals surface area contributed by atoms with E-state index in [-0.39, 0.29) is 6.42 Å². The van der Waals surface area contributed by atoms with Gasteiger partial charge in [-0.1, -0.05) is 55.5 Å². The number of aliphatic hydroxyl groups is 3. The molecule has 0 amide bonds. The summed E-state index contributed by atoms with van der Waals surface area (Å²) in [6.45, 7) is 1.87. The van der Waals surface area contributed by atoms with Crippen LogP contribution in [-0.2, 0) is 9.53 Å². The van der Waals surface area contributed by atoms with Crippen LogP contribution in [0.15, 0.2) is 48.6 Å². The predicted molar refractivity (Wildman–Crippen MR) is 109 cm³/mol. The lowest BCUT2D eigenvalue weighted by atomic mass is 10.0. The maximum absolute atomic E-state index is 10.4. The number of carbonyl (C=O) groups is 1. The van der Waals surface area contributed by atoms with Crippen molar-refractivity contribution in [2.45, 2.75) is 82.4 Å². The van der Waals surface area contributed by atoms with E-state index in [2.05, 4.69) is 0 Å². The highest BCUT2D eigenvalue weighted by Gasteiger charge is 2.35. The number of aliphatic hydroxyl groups excluding tert-OH is 3. The number of carboxylic acid groups (broad SMARTS) is 1. The van der Waals surface area contributed by atoms with Gasteiger partial charge in [-0.3, -0.25) is 4.79 Å². The van der Waals surface area contributed by atoms with E-state index in [1.807, 2.05) is 43.4 Å². The summed E-state index contributed by atoms with van der Waals surface area (Å²) in [5.41, 5.74) is 0. The second-order valence-corrected chi connectivity index (χ2v) is 6.92. The molecule has 1 heterocycles. The smallest absolute Gasteiger partial charge is 0.303 e. The van der Waals surface area contributed by atoms with Crippen LogP contribution in [0.3, 0.4) is 0 Å². The monoisotopic (exact) mass is 394 g/mol. The van der Waals surface area contributed by atoms with Gasteiger partial charge >= 0.3 is 5.97 Å². The van der Waals surface area contributed by atoms with Crippen LogP contribution in [-0.4, -0.2) is 56.9 Å². The summed E-state index contributed by atoms with van der Waals surface area (Å²) in [6, 6.07) is 0. The highest BCUT2D eigenvalue weighted by molar-refractivity contribution is 5.66. The summed E-state index contributed by atoms with van der Waals surface area (Å²) in [5, 5.41) is 38.3. The number of carboxylic acids is 1. The van der Waals surface area contributed by atoms with Crippen molar-refractivity contribution in [3.63, 3.8) is 0 Å². The molecule has 0 aliphatic carbocycles. The van der Waals surface area contributed by atoms with Crippen molar-refractivity contribution in [3.05, 3.63) is 48.6 Å². The maximum Gasteiger partial charge on any atom is 0.303 e. The van der Waals surface area contributed by atoms with Gasteiger partial charge < -0.3 is 25.2 Å². The van der Waals surface area contributed by atoms with Crippen molar-refractivity contribution in [2.24, 2.45) is 0 Å². The lowest BCUT2D eigenvalue weighted by Crippen LogP contribution is -2.25. The van der Waals surface area contributed by atoms with Gasteiger partial charge in [-0.25, -0.2) is 0 Å². The fourth-order valence-electron chi connectivity index (χ4n) is 2.77. The van der Waals surface area contributed by atoms with Gasteiger partial charge in [0.25, 0.3) is 0 Å². The van der Waals surface area contributed by atoms with Crippen molar-refractivity contribution in [3.8, 4) is 0 Å². The van der Waals surface area contributed by atoms with Crippen molar-refractivity contribution >= 4 is 5.97 Å². The van der Waals surface area contributed by atoms with Gasteiger partial charge in [0.05, 0.1) is 24.4 Å². The molecular weight excluding hydrogens is 360 g/mol. The van der Waals surface area contributed by atoms with Crippen molar-refractivity contribution < 1.29 is 30.0 Å². The van der Waals surface area contributed by atoms with Crippen LogP contribution in [0.5, 0.6) is 0 Å². The minimum absolute atomic E-state index is 0.157. The van der Waals surface area contributed by atoms with Gasteiger partial charge in [0, 0.05) is 12.8 Å². The largest absolute Gasteiger partial charge is 0.481 e. The van der Waals surface area contributed by atoms with Crippen LogP contribution in [0.4, 0.5) is 0 Å². The molecule has 5 atom stereocenters. The zero-order chi connectivity index (χ0) is 20.8. The molecule has 6 heteroatoms. The zero-order valence-electron chi connectivity index (χ0n) is 16.6. The molecule has 158 valence electrons. The molecule has 1 saturated heterocycles. The predicted octanol–water partition coefficient (Wildman–Crippen LogP) is 2.90. The van der Waals surface area contributed by atoms with Crippen LogP contribution in [0.2, 0.25) is 0 Å². The Morgan fingerprint density at radius 1 is 1.11 bits per heavy atom. The van der Waals surface area contributed by atoms with Gasteiger partial charge in [0.1, 0.15) is 6.10 Å². The number of aliphatic carboxylic acids is 1. The summed E-state index contributed by atoms with van der Waals surface area (Å²) in [5.74, 6) is -0.785. The second-order valence-electron chi connectivity index (χ2n) is 6.92. The third-order valence-corrected chi connectivity index (χ3v) is 4.50. The summed E-state index contributed by atoms with van der Waals surface area (Å²) in [4.78, 5) is 10.4. The van der Waals surface area contributed by atoms with E-state index in [0.717, 1.165) is 12.8 Å². The molecular formula is C22H34O6. The second kappa shape index (κ2) is 14.3. The first-order valence-corrected chi connectivity index (χ1v) is 9.98. The molecule has 1 aliphatic rings. The first kappa shape index (κ1) is 24.3. The Hall–Kier alpha value is -1.73. The van der Waals surface area contributed by atoms with E-state index in [9.17, 15) is 20.1 Å². The Morgan fingerprint density at radius 2 is 1.75 bits per heavy atom. The zero-order valence-corrected chi connectivity index (χ0v) is 16.6. The lowest BCUT2D eigenvalue weighted by molar-refractivity contribution is -0.136. The first-order valence-electron chi connectivity index (χ1n) is 9.98. The molecule has 1 aliphatic heterocycles. The van der Waals surface area contributed by atoms with Crippen molar-refractivity contribution in [2.75, 3.05) is 0 Å². The van der Waals surface area contributed by atoms with Crippen molar-refractivity contribution in [1.82, 2.24) is 0 Å². The van der Waals surface area contributed by atoms with Crippen LogP contribution < -0.4 is 0 Å². The van der Waals surface area contributed by atoms with E-state index in [4.69, 9.17) is 9.84 Å². The molecule has 1 fully saturated rings. The van der Waals surface area contributed by atoms with E-state index < -0.39 is 36.5 Å². The molecule has 0 unspecified atom stereocenters. The Bertz CT molecular complexity index is 551. The Morgan fingerprint density at radius 3 is 2.39 bits per heavy atom. The number of rotatable bonds is 13. The van der Waals surface area contributed by atoms with Crippen LogP contribution >= 0.6 is 0 Å². The van der Waals surface area contributed by atoms with Crippen LogP contribution in [0.1, 0.15) is 51.9 Å². The number of hydrogen-bond acceptors (Lipinski definition) is 5. The molecule has 6 nitrogen and oxygen atoms in total. The van der Waals surface area contributed by atoms with Crippen molar-refractivity contribution in [1.29, 1.82) is 0 Å². The Kier molecular flexibility index (Phi) is 12.4. The highest BCUT2D eigenvalue weighted by Crippen LogP contribution is 2.25. The molecule has 4 N–H and O–H groups in total. The summed E-state index contributed by atoms with van der Waals surface area (Å²) in [7, 11) is 0. The minimum Gasteiger partial charge on any atom is -0.481 e. The Labute approximate surface area is 167 Å². The number of ether oxygens (including phenoxy) is 1. The van der Waals surface area contributed by atoms with Gasteiger partial charge in [-0.05, 0) is 32.1 Å². The van der Waals surface area contributed by atoms with E-state index in [1.54, 1.807) is 12.2 Å². The molecule has 0 bridgehead atoms. The fraction of sp³-hybridized carbons (Fsp3) is 0.591. The van der Waals surface area contributed by atoms with E-state index >= 15 is 0 Å². The van der Waals surface area contributed by atoms with Gasteiger partial charge in [0.15, 0.2) is 0 Å². The van der Waals surface area contributed by atoms with E-state index in [1.165, 1.54) is 0 Å². The van der Waals surface area contributed by atoms with E-state index in [0.29, 0.717) is 25.7 Å². The molecule has 0 aromatic rings. The number of hydrogen-bond donors (Lipinski definition) is 4. The van der Waals surface area contributed by atoms with Gasteiger partial charge in [-0.15, -0.1) is 0 Å². The maximum atomic E-state index is 10.4. The molecule has 0 aromatic heterocycles. The van der Waals surface area contributed by atoms with Crippen LogP contribution in [0.25, 0.3) is 0 Å². The summed E-state index contributed by atoms with van der Waals surface area (Å²) < 4.78 is 5.70. The third kappa shape index (κ3) is 10.6. The molecule has 0 spiro atoms. The topological polar surface area (TPSA) is 107 Å². The quantitative estimate of drug-likeness (QED) is 0.358. The van der Waals surface area contributed by atoms with Gasteiger partial charge in [-0.2, -0.15) is 0 Å². The van der Waals surface area contributed by atoms with Gasteiger partial charge in [0.2, 0.25) is 0 Å². The third-order valence-electron chi connectivity index (χ3n) is 4.50. The average Bonchev–Trinajstić information content (AvgIpc) is 3.04. The molecule has 0 aromatic carbocycles. The minimum atomic E-state index is -0.785. The molecule has 28 heavy (non-hydrogen) atoms. The van der Waals surface area contributed by atoms with Crippen LogP contribution in [0, 0.1) is 0 Å². The summed E-state index contributed by atoms with van der Waals surface area (Å²) >= 11 is 0.